The molecule has 0 heterocycles. The molecule has 5 atom stereocenters. The molecule has 2 bridgehead atoms. The van der Waals surface area contributed by atoms with Crippen LogP contribution < -0.4 is 20.1 Å². The molecule has 0 aromatic heterocycles. The summed E-state index contributed by atoms with van der Waals surface area (Å²) >= 11 is 0. The number of carbonyl (C=O) groups is 2. The van der Waals surface area contributed by atoms with E-state index in [1.165, 1.54) is 13.2 Å². The molecule has 3 fully saturated rings. The number of carbonyl (C=O) groups excluding carboxylic acids is 2. The predicted octanol–water partition coefficient (Wildman–Crippen LogP) is 8.93. The van der Waals surface area contributed by atoms with Gasteiger partial charge in [0.1, 0.15) is 28.3 Å². The molecule has 3 saturated carbocycles. The van der Waals surface area contributed by atoms with E-state index >= 15 is 4.39 Å². The Morgan fingerprint density at radius 3 is 2.18 bits per heavy atom. The molecule has 1 amide bonds. The minimum atomic E-state index is -10.4. The van der Waals surface area contributed by atoms with Crippen LogP contribution in [0.15, 0.2) is 35.2 Å². The number of hydrogen-bond donors (Lipinski definition) is 3. The first-order valence-electron chi connectivity index (χ1n) is 16.4. The Hall–Kier alpha value is -3.24. The van der Waals surface area contributed by atoms with E-state index in [2.05, 4.69) is 10.6 Å². The quantitative estimate of drug-likeness (QED) is 0.127. The molecule has 1 unspecified atom stereocenters. The van der Waals surface area contributed by atoms with Gasteiger partial charge in [0, 0.05) is 23.4 Å². The molecule has 3 N–H and O–H groups in total. The van der Waals surface area contributed by atoms with E-state index in [-0.39, 0.29) is 47.0 Å². The summed E-state index contributed by atoms with van der Waals surface area (Å²) in [6, 6.07) is 2.50. The number of fused-ring (bicyclic) bond motifs is 2. The number of nitrogens with one attached hydrogen (secondary N) is 2. The third-order valence-corrected chi connectivity index (χ3v) is 11.1. The topological polar surface area (TPSA) is 106 Å². The molecule has 50 heavy (non-hydrogen) atoms. The van der Waals surface area contributed by atoms with Gasteiger partial charge in [-0.25, -0.2) is 8.78 Å². The van der Waals surface area contributed by atoms with E-state index < -0.39 is 73.7 Å². The highest BCUT2D eigenvalue weighted by molar-refractivity contribution is 8.45. The molecule has 0 radical (unpaired) electrons. The molecule has 0 aliphatic heterocycles. The first-order chi connectivity index (χ1) is 22.9. The molecule has 0 saturated heterocycles. The number of aliphatic hydroxyl groups excluding tert-OH is 1. The standard InChI is InChI=1S/C34H43F7N2O6S/c1-33(2,3)49-32(46)34(4)12-10-21(11-13-34)48-26-16-22(25(47-5)17-24(26)36)30(44)43-29-19-7-6-18(14-19)28(29)31(45)42-20-8-9-23(35)27(15-20)50(37,38,39,40)41/h8-9,15-19,21,28-30,43-44H,6-7,10-14H2,1-5H3,(H,42,45)/t18-,19+,21-,28+,29-,30?,34+/m0/s1. The fourth-order valence-electron chi connectivity index (χ4n) is 7.45. The van der Waals surface area contributed by atoms with E-state index in [9.17, 15) is 38.5 Å². The Morgan fingerprint density at radius 1 is 0.940 bits per heavy atom. The number of methoxy groups -OCH3 is 1. The SMILES string of the molecule is COc1cc(F)c(O[C@H]2CC[C@@](C)(C(=O)OC(C)(C)C)CC2)cc1C(O)N[C@H]1[C@@H]2CC[C@@H](C2)[C@H]1C(=O)Nc1ccc(F)c(S(F)(F)(F)(F)F)c1. The highest BCUT2D eigenvalue weighted by Gasteiger charge is 2.67. The summed E-state index contributed by atoms with van der Waals surface area (Å²) in [7, 11) is -9.11. The fourth-order valence-corrected chi connectivity index (χ4v) is 8.23. The molecule has 3 aliphatic carbocycles. The summed E-state index contributed by atoms with van der Waals surface area (Å²) in [5.74, 6) is -5.43. The Bertz CT molecular complexity index is 1640. The first kappa shape index (κ1) is 38.0. The highest BCUT2D eigenvalue weighted by Crippen LogP contribution is 3.02. The molecule has 8 nitrogen and oxygen atoms in total. The van der Waals surface area contributed by atoms with Gasteiger partial charge in [0.05, 0.1) is 24.5 Å². The lowest BCUT2D eigenvalue weighted by molar-refractivity contribution is -0.169. The Morgan fingerprint density at radius 2 is 1.58 bits per heavy atom. The summed E-state index contributed by atoms with van der Waals surface area (Å²) in [6.45, 7) is 7.20. The second kappa shape index (κ2) is 12.5. The van der Waals surface area contributed by atoms with Crippen molar-refractivity contribution >= 4 is 27.8 Å². The van der Waals surface area contributed by atoms with Crippen molar-refractivity contribution in [2.24, 2.45) is 23.2 Å². The predicted molar refractivity (Wildman–Crippen MR) is 172 cm³/mol. The van der Waals surface area contributed by atoms with Gasteiger partial charge in [0.25, 0.3) is 0 Å². The lowest BCUT2D eigenvalue weighted by Crippen LogP contribution is -2.47. The van der Waals surface area contributed by atoms with Crippen LogP contribution in [0.1, 0.15) is 84.4 Å². The highest BCUT2D eigenvalue weighted by atomic mass is 32.5. The van der Waals surface area contributed by atoms with Gasteiger partial charge in [-0.05, 0) is 109 Å². The zero-order valence-electron chi connectivity index (χ0n) is 28.3. The summed E-state index contributed by atoms with van der Waals surface area (Å²) in [6.07, 6.45) is 1.69. The van der Waals surface area contributed by atoms with Crippen LogP contribution in [0, 0.1) is 34.8 Å². The van der Waals surface area contributed by atoms with E-state index in [1.54, 1.807) is 20.8 Å². The maximum Gasteiger partial charge on any atom is 0.313 e. The van der Waals surface area contributed by atoms with Crippen molar-refractivity contribution in [3.63, 3.8) is 0 Å². The second-order valence-corrected chi connectivity index (χ2v) is 17.3. The molecular formula is C34H43F7N2O6S. The van der Waals surface area contributed by atoms with Crippen LogP contribution in [0.5, 0.6) is 11.5 Å². The summed E-state index contributed by atoms with van der Waals surface area (Å²) in [5.41, 5.74) is -1.92. The fraction of sp³-hybridized carbons (Fsp3) is 0.588. The van der Waals surface area contributed by atoms with Gasteiger partial charge in [0.15, 0.2) is 11.6 Å². The average Bonchev–Trinajstić information content (AvgIpc) is 3.60. The number of benzene rings is 2. The number of halogens is 7. The monoisotopic (exact) mass is 740 g/mol. The van der Waals surface area contributed by atoms with Crippen molar-refractivity contribution in [2.45, 2.75) is 102 Å². The molecule has 2 aromatic rings. The van der Waals surface area contributed by atoms with Crippen molar-refractivity contribution in [3.05, 3.63) is 47.5 Å². The summed E-state index contributed by atoms with van der Waals surface area (Å²) in [4.78, 5) is 23.5. The van der Waals surface area contributed by atoms with Crippen molar-refractivity contribution in [2.75, 3.05) is 12.4 Å². The van der Waals surface area contributed by atoms with Gasteiger partial charge in [-0.15, -0.1) is 0 Å². The molecular weight excluding hydrogens is 697 g/mol. The van der Waals surface area contributed by atoms with Crippen LogP contribution in [0.2, 0.25) is 0 Å². The zero-order valence-corrected chi connectivity index (χ0v) is 29.2. The Labute approximate surface area is 286 Å². The molecule has 280 valence electrons. The third-order valence-electron chi connectivity index (χ3n) is 9.98. The molecule has 0 spiro atoms. The number of rotatable bonds is 10. The first-order valence-corrected chi connectivity index (χ1v) is 18.4. The smallest absolute Gasteiger partial charge is 0.313 e. The number of ether oxygens (including phenoxy) is 3. The number of anilines is 1. The van der Waals surface area contributed by atoms with Gasteiger partial charge >= 0.3 is 16.2 Å². The second-order valence-electron chi connectivity index (χ2n) is 15.0. The summed E-state index contributed by atoms with van der Waals surface area (Å²) < 4.78 is 113. The normalized spacial score (nSPS) is 28.7. The van der Waals surface area contributed by atoms with Crippen LogP contribution in [-0.2, 0) is 14.3 Å². The van der Waals surface area contributed by atoms with Crippen molar-refractivity contribution < 1.29 is 57.1 Å². The van der Waals surface area contributed by atoms with Crippen molar-refractivity contribution in [1.82, 2.24) is 5.32 Å². The maximum absolute atomic E-state index is 15.2. The molecule has 16 heteroatoms. The van der Waals surface area contributed by atoms with Crippen LogP contribution >= 0.6 is 10.2 Å². The van der Waals surface area contributed by atoms with Gasteiger partial charge < -0.3 is 24.6 Å². The lowest BCUT2D eigenvalue weighted by Gasteiger charge is -2.40. The minimum absolute atomic E-state index is 0.0185. The molecule has 5 rings (SSSR count). The van der Waals surface area contributed by atoms with E-state index in [0.29, 0.717) is 44.9 Å². The minimum Gasteiger partial charge on any atom is -0.496 e. The van der Waals surface area contributed by atoms with Gasteiger partial charge in [0.2, 0.25) is 5.91 Å². The number of esters is 1. The maximum atomic E-state index is 15.2. The van der Waals surface area contributed by atoms with Gasteiger partial charge in [-0.3, -0.25) is 14.9 Å². The third kappa shape index (κ3) is 8.28. The number of hydrogen-bond acceptors (Lipinski definition) is 7. The van der Waals surface area contributed by atoms with Crippen molar-refractivity contribution in [3.8, 4) is 11.5 Å². The van der Waals surface area contributed by atoms with Gasteiger partial charge in [-0.2, -0.15) is 0 Å². The van der Waals surface area contributed by atoms with Crippen LogP contribution in [-0.4, -0.2) is 41.8 Å². The Kier molecular flexibility index (Phi) is 9.47. The number of amides is 1. The van der Waals surface area contributed by atoms with Gasteiger partial charge in [-0.1, -0.05) is 19.4 Å². The summed E-state index contributed by atoms with van der Waals surface area (Å²) in [5, 5.41) is 16.6. The Balaban J connectivity index is 1.30. The van der Waals surface area contributed by atoms with E-state index in [1.807, 2.05) is 6.92 Å². The lowest BCUT2D eigenvalue weighted by atomic mass is 9.74. The van der Waals surface area contributed by atoms with Crippen molar-refractivity contribution in [1.29, 1.82) is 0 Å². The van der Waals surface area contributed by atoms with E-state index in [4.69, 9.17) is 14.2 Å². The van der Waals surface area contributed by atoms with E-state index in [0.717, 1.165) is 12.1 Å². The van der Waals surface area contributed by atoms with Crippen LogP contribution in [0.25, 0.3) is 0 Å². The largest absolute Gasteiger partial charge is 0.496 e. The zero-order chi connectivity index (χ0) is 37.1. The average molecular weight is 741 g/mol. The van der Waals surface area contributed by atoms with Crippen LogP contribution in [0.3, 0.4) is 0 Å². The number of aliphatic hydroxyl groups is 1. The molecule has 2 aromatic carbocycles. The van der Waals surface area contributed by atoms with Crippen LogP contribution in [0.4, 0.5) is 33.9 Å². The molecule has 3 aliphatic rings.